The number of methoxy groups -OCH3 is 1. The van der Waals surface area contributed by atoms with Gasteiger partial charge in [0.15, 0.2) is 5.15 Å². The molecule has 4 aromatic rings. The summed E-state index contributed by atoms with van der Waals surface area (Å²) in [5.74, 6) is -0.0889. The second-order valence-electron chi connectivity index (χ2n) is 7.85. The number of halogens is 1. The fraction of sp³-hybridized carbons (Fsp3) is 0.115. The van der Waals surface area contributed by atoms with E-state index in [-0.39, 0.29) is 10.0 Å². The zero-order valence-electron chi connectivity index (χ0n) is 20.1. The number of amides is 1. The molecule has 0 spiro atoms. The van der Waals surface area contributed by atoms with Gasteiger partial charge in [0.1, 0.15) is 12.3 Å². The van der Waals surface area contributed by atoms with Gasteiger partial charge in [0.2, 0.25) is 0 Å². The summed E-state index contributed by atoms with van der Waals surface area (Å²) < 4.78 is 34.6. The highest BCUT2D eigenvalue weighted by atomic mass is 35.5. The molecule has 4 rings (SSSR count). The van der Waals surface area contributed by atoms with Crippen LogP contribution in [0.4, 0.5) is 5.69 Å². The number of hydrogen-bond acceptors (Lipinski definition) is 6. The molecule has 0 saturated carbocycles. The summed E-state index contributed by atoms with van der Waals surface area (Å²) >= 11 is 6.30. The van der Waals surface area contributed by atoms with Crippen molar-refractivity contribution in [3.05, 3.63) is 101 Å². The average molecular weight is 538 g/mol. The lowest BCUT2D eigenvalue weighted by Crippen LogP contribution is -2.39. The number of rotatable bonds is 9. The third kappa shape index (κ3) is 5.82. The van der Waals surface area contributed by atoms with Gasteiger partial charge in [-0.25, -0.2) is 18.5 Å². The number of hydrogen-bond donors (Lipinski definition) is 1. The quantitative estimate of drug-likeness (QED) is 0.254. The summed E-state index contributed by atoms with van der Waals surface area (Å²) in [5, 5.41) is 8.54. The molecule has 1 heterocycles. The van der Waals surface area contributed by atoms with Crippen molar-refractivity contribution in [2.24, 2.45) is 5.10 Å². The lowest BCUT2D eigenvalue weighted by atomic mass is 10.2. The molecule has 1 aromatic heterocycles. The van der Waals surface area contributed by atoms with Crippen molar-refractivity contribution in [1.82, 2.24) is 15.2 Å². The predicted octanol–water partition coefficient (Wildman–Crippen LogP) is 4.19. The molecule has 0 fully saturated rings. The van der Waals surface area contributed by atoms with Gasteiger partial charge in [-0.3, -0.25) is 9.10 Å². The third-order valence-electron chi connectivity index (χ3n) is 5.48. The molecule has 3 aromatic carbocycles. The van der Waals surface area contributed by atoms with E-state index >= 15 is 0 Å². The highest BCUT2D eigenvalue weighted by molar-refractivity contribution is 7.92. The molecule has 11 heteroatoms. The predicted molar refractivity (Wildman–Crippen MR) is 143 cm³/mol. The molecule has 190 valence electrons. The Morgan fingerprint density at radius 3 is 2.30 bits per heavy atom. The highest BCUT2D eigenvalue weighted by Crippen LogP contribution is 2.26. The van der Waals surface area contributed by atoms with E-state index in [4.69, 9.17) is 16.3 Å². The number of nitrogens with zero attached hydrogens (tertiary/aromatic N) is 4. The van der Waals surface area contributed by atoms with Crippen LogP contribution in [0, 0.1) is 6.92 Å². The zero-order valence-corrected chi connectivity index (χ0v) is 21.6. The second-order valence-corrected chi connectivity index (χ2v) is 10.1. The minimum atomic E-state index is -4.04. The Morgan fingerprint density at radius 2 is 1.68 bits per heavy atom. The molecule has 0 unspecified atom stereocenters. The Kier molecular flexibility index (Phi) is 7.90. The summed E-state index contributed by atoms with van der Waals surface area (Å²) in [6, 6.07) is 23.7. The van der Waals surface area contributed by atoms with E-state index in [9.17, 15) is 13.2 Å². The smallest absolute Gasteiger partial charge is 0.264 e. The molecule has 0 bridgehead atoms. The maximum atomic E-state index is 13.4. The van der Waals surface area contributed by atoms with E-state index in [1.54, 1.807) is 47.1 Å². The molecule has 0 atom stereocenters. The molecule has 0 saturated heterocycles. The minimum Gasteiger partial charge on any atom is -0.497 e. The number of aromatic nitrogens is 2. The normalized spacial score (nSPS) is 11.4. The van der Waals surface area contributed by atoms with Crippen molar-refractivity contribution >= 4 is 39.4 Å². The van der Waals surface area contributed by atoms with E-state index in [2.05, 4.69) is 15.6 Å². The van der Waals surface area contributed by atoms with E-state index in [1.807, 2.05) is 37.3 Å². The van der Waals surface area contributed by atoms with Crippen LogP contribution in [-0.4, -0.2) is 44.0 Å². The summed E-state index contributed by atoms with van der Waals surface area (Å²) in [6.45, 7) is 1.32. The van der Waals surface area contributed by atoms with Crippen molar-refractivity contribution in [2.45, 2.75) is 11.8 Å². The van der Waals surface area contributed by atoms with Gasteiger partial charge in [-0.15, -0.1) is 0 Å². The Morgan fingerprint density at radius 1 is 1.05 bits per heavy atom. The fourth-order valence-electron chi connectivity index (χ4n) is 3.57. The van der Waals surface area contributed by atoms with Crippen molar-refractivity contribution in [1.29, 1.82) is 0 Å². The number of carbonyl (C=O) groups excluding carboxylic acids is 1. The Balaban J connectivity index is 1.55. The van der Waals surface area contributed by atoms with Crippen LogP contribution in [0.5, 0.6) is 5.75 Å². The summed E-state index contributed by atoms with van der Waals surface area (Å²) in [7, 11) is -2.53. The van der Waals surface area contributed by atoms with Gasteiger partial charge >= 0.3 is 0 Å². The monoisotopic (exact) mass is 537 g/mol. The van der Waals surface area contributed by atoms with Crippen LogP contribution >= 0.6 is 11.6 Å². The molecular weight excluding hydrogens is 514 g/mol. The van der Waals surface area contributed by atoms with Gasteiger partial charge < -0.3 is 4.74 Å². The number of benzene rings is 3. The van der Waals surface area contributed by atoms with Crippen LogP contribution in [0.2, 0.25) is 5.15 Å². The number of ether oxygens (including phenoxy) is 1. The van der Waals surface area contributed by atoms with Crippen LogP contribution in [-0.2, 0) is 14.8 Å². The Labute approximate surface area is 220 Å². The van der Waals surface area contributed by atoms with Gasteiger partial charge in [0.25, 0.3) is 15.9 Å². The number of sulfonamides is 1. The number of para-hydroxylation sites is 1. The number of nitrogens with one attached hydrogen (secondary N) is 1. The lowest BCUT2D eigenvalue weighted by Gasteiger charge is -2.23. The van der Waals surface area contributed by atoms with E-state index in [0.29, 0.717) is 17.0 Å². The first-order valence-electron chi connectivity index (χ1n) is 11.2. The topological polar surface area (TPSA) is 106 Å². The van der Waals surface area contributed by atoms with E-state index in [0.717, 1.165) is 15.7 Å². The number of anilines is 1. The largest absolute Gasteiger partial charge is 0.497 e. The summed E-state index contributed by atoms with van der Waals surface area (Å²) in [4.78, 5) is 12.9. The standard InChI is InChI=1S/C26H24ClN5O4S/c1-19-24(26(27)30-32(19)21-9-5-3-6-10-21)17-28-29-25(33)18-31(20-13-15-22(36-2)16-14-20)37(34,35)23-11-7-4-8-12-23/h3-17H,18H2,1-2H3,(H,29,33)/b28-17-. The molecule has 0 aliphatic rings. The average Bonchev–Trinajstić information content (AvgIpc) is 3.21. The van der Waals surface area contributed by atoms with Gasteiger partial charge in [-0.2, -0.15) is 10.2 Å². The second kappa shape index (κ2) is 11.3. The molecular formula is C26H24ClN5O4S. The molecule has 1 N–H and O–H groups in total. The van der Waals surface area contributed by atoms with Gasteiger partial charge in [0, 0.05) is 0 Å². The van der Waals surface area contributed by atoms with E-state index < -0.39 is 22.5 Å². The molecule has 1 amide bonds. The maximum absolute atomic E-state index is 13.4. The SMILES string of the molecule is COc1ccc(N(CC(=O)N/N=C\c2c(Cl)nn(-c3ccccc3)c2C)S(=O)(=O)c2ccccc2)cc1. The first kappa shape index (κ1) is 25.9. The molecule has 9 nitrogen and oxygen atoms in total. The molecule has 0 aliphatic heterocycles. The number of carbonyl (C=O) groups is 1. The first-order valence-corrected chi connectivity index (χ1v) is 13.0. The van der Waals surface area contributed by atoms with Crippen LogP contribution in [0.1, 0.15) is 11.3 Å². The van der Waals surface area contributed by atoms with Crippen molar-refractivity contribution in [3.63, 3.8) is 0 Å². The maximum Gasteiger partial charge on any atom is 0.264 e. The third-order valence-corrected chi connectivity index (χ3v) is 7.55. The minimum absolute atomic E-state index is 0.0536. The number of hydrazone groups is 1. The Bertz CT molecular complexity index is 1510. The van der Waals surface area contributed by atoms with Gasteiger partial charge in [-0.1, -0.05) is 48.0 Å². The summed E-state index contributed by atoms with van der Waals surface area (Å²) in [6.07, 6.45) is 1.38. The molecule has 0 aliphatic carbocycles. The molecule has 37 heavy (non-hydrogen) atoms. The highest BCUT2D eigenvalue weighted by Gasteiger charge is 2.27. The van der Waals surface area contributed by atoms with Crippen LogP contribution < -0.4 is 14.5 Å². The van der Waals surface area contributed by atoms with Crippen molar-refractivity contribution in [3.8, 4) is 11.4 Å². The lowest BCUT2D eigenvalue weighted by molar-refractivity contribution is -0.119. The first-order chi connectivity index (χ1) is 17.8. The van der Waals surface area contributed by atoms with Crippen LogP contribution in [0.25, 0.3) is 5.69 Å². The van der Waals surface area contributed by atoms with Crippen molar-refractivity contribution in [2.75, 3.05) is 18.0 Å². The van der Waals surface area contributed by atoms with Crippen molar-refractivity contribution < 1.29 is 17.9 Å². The molecule has 0 radical (unpaired) electrons. The van der Waals surface area contributed by atoms with Crippen LogP contribution in [0.15, 0.2) is 94.9 Å². The summed E-state index contributed by atoms with van der Waals surface area (Å²) in [5.41, 5.74) is 4.75. The fourth-order valence-corrected chi connectivity index (χ4v) is 5.27. The Hall–Kier alpha value is -4.15. The van der Waals surface area contributed by atoms with E-state index in [1.165, 1.54) is 25.5 Å². The van der Waals surface area contributed by atoms with Gasteiger partial charge in [0.05, 0.1) is 40.9 Å². The van der Waals surface area contributed by atoms with Crippen LogP contribution in [0.3, 0.4) is 0 Å². The van der Waals surface area contributed by atoms with Gasteiger partial charge in [-0.05, 0) is 55.5 Å². The zero-order chi connectivity index (χ0) is 26.4.